The first-order valence-corrected chi connectivity index (χ1v) is 7.60. The van der Waals surface area contributed by atoms with E-state index in [0.29, 0.717) is 31.0 Å². The number of carbonyl (C=O) groups excluding carboxylic acids is 1. The molecule has 1 aromatic rings. The molecule has 1 N–H and O–H groups in total. The van der Waals surface area contributed by atoms with E-state index in [1.54, 1.807) is 6.20 Å². The zero-order valence-electron chi connectivity index (χ0n) is 12.1. The van der Waals surface area contributed by atoms with Gasteiger partial charge in [0.05, 0.1) is 12.2 Å². The molecular formula is C16H23N3O. The number of amides is 1. The molecule has 0 aliphatic carbocycles. The van der Waals surface area contributed by atoms with Crippen molar-refractivity contribution in [2.45, 2.75) is 50.7 Å². The number of aromatic nitrogens is 1. The Kier molecular flexibility index (Phi) is 4.01. The Hall–Kier alpha value is -1.42. The Labute approximate surface area is 120 Å². The molecule has 108 valence electrons. The lowest BCUT2D eigenvalue weighted by Crippen LogP contribution is -2.40. The lowest BCUT2D eigenvalue weighted by molar-refractivity contribution is -0.131. The maximum Gasteiger partial charge on any atom is 0.222 e. The Bertz CT molecular complexity index is 450. The van der Waals surface area contributed by atoms with Crippen molar-refractivity contribution in [2.24, 2.45) is 5.92 Å². The minimum Gasteiger partial charge on any atom is -0.340 e. The topological polar surface area (TPSA) is 45.2 Å². The maximum atomic E-state index is 12.3. The summed E-state index contributed by atoms with van der Waals surface area (Å²) in [6, 6.07) is 7.15. The Balaban J connectivity index is 1.51. The van der Waals surface area contributed by atoms with Gasteiger partial charge >= 0.3 is 0 Å². The van der Waals surface area contributed by atoms with Gasteiger partial charge in [-0.05, 0) is 43.7 Å². The number of piperidine rings is 1. The predicted octanol–water partition coefficient (Wildman–Crippen LogP) is 1.96. The molecule has 2 fully saturated rings. The summed E-state index contributed by atoms with van der Waals surface area (Å²) in [5, 5.41) is 3.63. The van der Waals surface area contributed by atoms with Gasteiger partial charge in [0.2, 0.25) is 5.91 Å². The third-order valence-electron chi connectivity index (χ3n) is 4.59. The van der Waals surface area contributed by atoms with Crippen molar-refractivity contribution in [3.8, 4) is 0 Å². The zero-order valence-corrected chi connectivity index (χ0v) is 12.1. The van der Waals surface area contributed by atoms with Gasteiger partial charge in [-0.25, -0.2) is 0 Å². The van der Waals surface area contributed by atoms with E-state index in [4.69, 9.17) is 0 Å². The van der Waals surface area contributed by atoms with Crippen LogP contribution in [0.3, 0.4) is 0 Å². The Morgan fingerprint density at radius 2 is 2.10 bits per heavy atom. The second-order valence-electron chi connectivity index (χ2n) is 6.25. The largest absolute Gasteiger partial charge is 0.340 e. The normalized spacial score (nSPS) is 28.4. The molecule has 2 unspecified atom stereocenters. The molecule has 2 saturated heterocycles. The fourth-order valence-corrected chi connectivity index (χ4v) is 3.57. The first-order chi connectivity index (χ1) is 9.70. The van der Waals surface area contributed by atoms with E-state index < -0.39 is 0 Å². The summed E-state index contributed by atoms with van der Waals surface area (Å²) in [5.41, 5.74) is 0.953. The predicted molar refractivity (Wildman–Crippen MR) is 78.0 cm³/mol. The lowest BCUT2D eigenvalue weighted by atomic mass is 9.89. The molecule has 1 amide bonds. The number of hydrogen-bond donors (Lipinski definition) is 1. The summed E-state index contributed by atoms with van der Waals surface area (Å²) in [4.78, 5) is 18.4. The second-order valence-corrected chi connectivity index (χ2v) is 6.25. The minimum absolute atomic E-state index is 0.252. The van der Waals surface area contributed by atoms with E-state index in [-0.39, 0.29) is 5.91 Å². The molecule has 2 atom stereocenters. The third kappa shape index (κ3) is 3.18. The number of nitrogens with zero attached hydrogens (tertiary/aromatic N) is 2. The van der Waals surface area contributed by atoms with Crippen molar-refractivity contribution in [2.75, 3.05) is 7.05 Å². The molecule has 0 saturated carbocycles. The van der Waals surface area contributed by atoms with Crippen LogP contribution in [0.5, 0.6) is 0 Å². The molecule has 4 nitrogen and oxygen atoms in total. The van der Waals surface area contributed by atoms with Gasteiger partial charge in [-0.1, -0.05) is 6.07 Å². The highest BCUT2D eigenvalue weighted by Gasteiger charge is 2.34. The van der Waals surface area contributed by atoms with Crippen LogP contribution in [0, 0.1) is 5.92 Å². The van der Waals surface area contributed by atoms with Gasteiger partial charge in [0.25, 0.3) is 0 Å². The van der Waals surface area contributed by atoms with Gasteiger partial charge in [0.15, 0.2) is 0 Å². The van der Waals surface area contributed by atoms with Crippen molar-refractivity contribution >= 4 is 5.91 Å². The summed E-state index contributed by atoms with van der Waals surface area (Å²) in [5.74, 6) is 0.814. The number of fused-ring (bicyclic) bond motifs is 2. The SMILES string of the molecule is CN(Cc1ccccn1)C(=O)CC1CC2CCC(C1)N2. The number of pyridine rings is 1. The van der Waals surface area contributed by atoms with E-state index >= 15 is 0 Å². The molecule has 2 aliphatic rings. The first kappa shape index (κ1) is 13.6. The standard InChI is InChI=1S/C16H23N3O/c1-19(11-15-4-2-3-7-17-15)16(20)10-12-8-13-5-6-14(9-12)18-13/h2-4,7,12-14,18H,5-6,8-11H2,1H3. The van der Waals surface area contributed by atoms with Crippen LogP contribution in [0.15, 0.2) is 24.4 Å². The summed E-state index contributed by atoms with van der Waals surface area (Å²) >= 11 is 0. The quantitative estimate of drug-likeness (QED) is 0.912. The number of hydrogen-bond acceptors (Lipinski definition) is 3. The van der Waals surface area contributed by atoms with E-state index in [2.05, 4.69) is 10.3 Å². The number of rotatable bonds is 4. The van der Waals surface area contributed by atoms with Crippen molar-refractivity contribution in [3.63, 3.8) is 0 Å². The minimum atomic E-state index is 0.252. The number of carbonyl (C=O) groups is 1. The van der Waals surface area contributed by atoms with Gasteiger partial charge in [0, 0.05) is 31.7 Å². The van der Waals surface area contributed by atoms with Crippen LogP contribution in [-0.4, -0.2) is 34.9 Å². The van der Waals surface area contributed by atoms with Gasteiger partial charge in [0.1, 0.15) is 0 Å². The van der Waals surface area contributed by atoms with E-state index in [0.717, 1.165) is 5.69 Å². The molecule has 2 aliphatic heterocycles. The molecule has 0 radical (unpaired) electrons. The molecule has 1 aromatic heterocycles. The Morgan fingerprint density at radius 3 is 2.75 bits per heavy atom. The van der Waals surface area contributed by atoms with Crippen LogP contribution in [0.4, 0.5) is 0 Å². The van der Waals surface area contributed by atoms with Crippen LogP contribution >= 0.6 is 0 Å². The molecular weight excluding hydrogens is 250 g/mol. The highest BCUT2D eigenvalue weighted by atomic mass is 16.2. The van der Waals surface area contributed by atoms with Crippen LogP contribution in [0.25, 0.3) is 0 Å². The molecule has 2 bridgehead atoms. The van der Waals surface area contributed by atoms with Crippen LogP contribution < -0.4 is 5.32 Å². The molecule has 3 heterocycles. The number of nitrogens with one attached hydrogen (secondary N) is 1. The van der Waals surface area contributed by atoms with Crippen LogP contribution in [0.1, 0.15) is 37.8 Å². The van der Waals surface area contributed by atoms with Gasteiger partial charge < -0.3 is 10.2 Å². The second kappa shape index (κ2) is 5.92. The highest BCUT2D eigenvalue weighted by Crippen LogP contribution is 2.32. The van der Waals surface area contributed by atoms with Gasteiger partial charge in [-0.3, -0.25) is 9.78 Å². The average Bonchev–Trinajstić information content (AvgIpc) is 2.79. The fourth-order valence-electron chi connectivity index (χ4n) is 3.57. The van der Waals surface area contributed by atoms with E-state index in [9.17, 15) is 4.79 Å². The zero-order chi connectivity index (χ0) is 13.9. The molecule has 4 heteroatoms. The smallest absolute Gasteiger partial charge is 0.222 e. The van der Waals surface area contributed by atoms with Crippen molar-refractivity contribution in [1.82, 2.24) is 15.2 Å². The summed E-state index contributed by atoms with van der Waals surface area (Å²) in [7, 11) is 1.88. The van der Waals surface area contributed by atoms with Crippen molar-refractivity contribution < 1.29 is 4.79 Å². The first-order valence-electron chi connectivity index (χ1n) is 7.60. The molecule has 3 rings (SSSR count). The van der Waals surface area contributed by atoms with Crippen molar-refractivity contribution in [3.05, 3.63) is 30.1 Å². The van der Waals surface area contributed by atoms with Crippen molar-refractivity contribution in [1.29, 1.82) is 0 Å². The molecule has 0 spiro atoms. The lowest BCUT2D eigenvalue weighted by Gasteiger charge is -2.29. The van der Waals surface area contributed by atoms with Gasteiger partial charge in [-0.15, -0.1) is 0 Å². The fraction of sp³-hybridized carbons (Fsp3) is 0.625. The summed E-state index contributed by atoms with van der Waals surface area (Å²) in [6.07, 6.45) is 7.38. The third-order valence-corrected chi connectivity index (χ3v) is 4.59. The highest BCUT2D eigenvalue weighted by molar-refractivity contribution is 5.76. The average molecular weight is 273 g/mol. The Morgan fingerprint density at radius 1 is 1.35 bits per heavy atom. The maximum absolute atomic E-state index is 12.3. The van der Waals surface area contributed by atoms with E-state index in [1.807, 2.05) is 30.1 Å². The monoisotopic (exact) mass is 273 g/mol. The summed E-state index contributed by atoms with van der Waals surface area (Å²) < 4.78 is 0. The molecule has 20 heavy (non-hydrogen) atoms. The van der Waals surface area contributed by atoms with Crippen LogP contribution in [0.2, 0.25) is 0 Å². The summed E-state index contributed by atoms with van der Waals surface area (Å²) in [6.45, 7) is 0.609. The van der Waals surface area contributed by atoms with Crippen LogP contribution in [-0.2, 0) is 11.3 Å². The van der Waals surface area contributed by atoms with E-state index in [1.165, 1.54) is 25.7 Å². The molecule has 0 aromatic carbocycles. The van der Waals surface area contributed by atoms with Gasteiger partial charge in [-0.2, -0.15) is 0 Å².